The summed E-state index contributed by atoms with van der Waals surface area (Å²) in [6.45, 7) is 2.03. The Morgan fingerprint density at radius 2 is 2.26 bits per heavy atom. The molecule has 19 heavy (non-hydrogen) atoms. The van der Waals surface area contributed by atoms with Gasteiger partial charge >= 0.3 is 0 Å². The second-order valence-corrected chi connectivity index (χ2v) is 6.31. The number of likely N-dealkylation sites (N-methyl/N-ethyl adjacent to an activating group) is 2. The summed E-state index contributed by atoms with van der Waals surface area (Å²) in [7, 11) is 3.96. The zero-order chi connectivity index (χ0) is 14.0. The van der Waals surface area contributed by atoms with Crippen LogP contribution in [-0.2, 0) is 0 Å². The average molecular weight is 346 g/mol. The van der Waals surface area contributed by atoms with E-state index in [9.17, 15) is 4.79 Å². The Hall–Kier alpha value is -0.580. The van der Waals surface area contributed by atoms with Crippen molar-refractivity contribution in [3.63, 3.8) is 0 Å². The Labute approximate surface area is 127 Å². The van der Waals surface area contributed by atoms with Gasteiger partial charge in [0.25, 0.3) is 5.91 Å². The maximum atomic E-state index is 12.5. The maximum Gasteiger partial charge on any atom is 0.255 e. The lowest BCUT2D eigenvalue weighted by Gasteiger charge is -2.36. The summed E-state index contributed by atoms with van der Waals surface area (Å²) in [5.41, 5.74) is 0.562. The van der Waals surface area contributed by atoms with Gasteiger partial charge in [-0.3, -0.25) is 4.79 Å². The Bertz CT molecular complexity index is 481. The van der Waals surface area contributed by atoms with E-state index >= 15 is 0 Å². The van der Waals surface area contributed by atoms with Crippen molar-refractivity contribution < 1.29 is 4.79 Å². The van der Waals surface area contributed by atoms with Gasteiger partial charge in [0.2, 0.25) is 0 Å². The molecule has 1 unspecified atom stereocenters. The fourth-order valence-electron chi connectivity index (χ4n) is 2.48. The molecule has 3 nitrogen and oxygen atoms in total. The second-order valence-electron chi connectivity index (χ2n) is 5.08. The van der Waals surface area contributed by atoms with Crippen LogP contribution in [0.3, 0.4) is 0 Å². The average Bonchev–Trinajstić information content (AvgIpc) is 2.40. The highest BCUT2D eigenvalue weighted by atomic mass is 79.9. The molecule has 0 N–H and O–H groups in total. The fourth-order valence-corrected chi connectivity index (χ4v) is 3.05. The number of amides is 1. The van der Waals surface area contributed by atoms with Gasteiger partial charge in [-0.1, -0.05) is 17.7 Å². The van der Waals surface area contributed by atoms with Gasteiger partial charge in [-0.15, -0.1) is 0 Å². The number of carbonyl (C=O) groups excluding carboxylic acids is 1. The molecule has 104 valence electrons. The Morgan fingerprint density at radius 3 is 2.95 bits per heavy atom. The molecule has 1 aliphatic heterocycles. The van der Waals surface area contributed by atoms with Crippen molar-refractivity contribution in [1.29, 1.82) is 0 Å². The fraction of sp³-hybridized carbons (Fsp3) is 0.500. The first-order chi connectivity index (χ1) is 9.00. The van der Waals surface area contributed by atoms with Crippen LogP contribution in [0.1, 0.15) is 23.2 Å². The molecule has 0 spiro atoms. The highest BCUT2D eigenvalue weighted by Crippen LogP contribution is 2.27. The van der Waals surface area contributed by atoms with Crippen LogP contribution in [0.2, 0.25) is 5.02 Å². The zero-order valence-corrected chi connectivity index (χ0v) is 13.5. The van der Waals surface area contributed by atoms with Crippen LogP contribution in [0.25, 0.3) is 0 Å². The predicted octanol–water partition coefficient (Wildman–Crippen LogP) is 3.27. The zero-order valence-electron chi connectivity index (χ0n) is 11.2. The van der Waals surface area contributed by atoms with Gasteiger partial charge < -0.3 is 9.80 Å². The molecule has 1 atom stereocenters. The highest BCUT2D eigenvalue weighted by Gasteiger charge is 2.26. The summed E-state index contributed by atoms with van der Waals surface area (Å²) in [6, 6.07) is 5.72. The van der Waals surface area contributed by atoms with E-state index in [0.29, 0.717) is 10.6 Å². The third kappa shape index (κ3) is 3.30. The second kappa shape index (κ2) is 6.25. The Balaban J connectivity index is 2.16. The normalized spacial score (nSPS) is 20.3. The van der Waals surface area contributed by atoms with E-state index in [1.807, 2.05) is 24.1 Å². The number of benzene rings is 1. The SMILES string of the molecule is CN1CCCC(N(C)C(=O)c2cccc(Br)c2Cl)C1. The maximum absolute atomic E-state index is 12.5. The van der Waals surface area contributed by atoms with Crippen molar-refractivity contribution in [2.75, 3.05) is 27.2 Å². The molecule has 0 saturated carbocycles. The molecular weight excluding hydrogens is 328 g/mol. The highest BCUT2D eigenvalue weighted by molar-refractivity contribution is 9.10. The molecule has 0 aliphatic carbocycles. The third-order valence-corrected chi connectivity index (χ3v) is 4.95. The lowest BCUT2D eigenvalue weighted by atomic mass is 10.0. The number of carbonyl (C=O) groups is 1. The first kappa shape index (κ1) is 14.8. The standard InChI is InChI=1S/C14H18BrClN2O/c1-17-8-4-5-10(9-17)18(2)14(19)11-6-3-7-12(15)13(11)16/h3,6-7,10H,4-5,8-9H2,1-2H3. The molecular formula is C14H18BrClN2O. The molecule has 5 heteroatoms. The number of nitrogens with zero attached hydrogens (tertiary/aromatic N) is 2. The summed E-state index contributed by atoms with van der Waals surface area (Å²) in [5, 5.41) is 0.489. The van der Waals surface area contributed by atoms with Gasteiger partial charge in [0.05, 0.1) is 10.6 Å². The van der Waals surface area contributed by atoms with Crippen LogP contribution >= 0.6 is 27.5 Å². The van der Waals surface area contributed by atoms with Gasteiger partial charge in [0.1, 0.15) is 0 Å². The quantitative estimate of drug-likeness (QED) is 0.821. The van der Waals surface area contributed by atoms with Gasteiger partial charge in [-0.2, -0.15) is 0 Å². The molecule has 1 saturated heterocycles. The van der Waals surface area contributed by atoms with Crippen LogP contribution in [0, 0.1) is 0 Å². The summed E-state index contributed by atoms with van der Waals surface area (Å²) >= 11 is 9.55. The number of piperidine rings is 1. The Morgan fingerprint density at radius 1 is 1.53 bits per heavy atom. The number of rotatable bonds is 2. The summed E-state index contributed by atoms with van der Waals surface area (Å²) < 4.78 is 0.758. The van der Waals surface area contributed by atoms with Crippen LogP contribution in [-0.4, -0.2) is 48.9 Å². The molecule has 1 heterocycles. The Kier molecular flexibility index (Phi) is 4.87. The van der Waals surface area contributed by atoms with E-state index in [-0.39, 0.29) is 11.9 Å². The number of hydrogen-bond acceptors (Lipinski definition) is 2. The molecule has 1 amide bonds. The van der Waals surface area contributed by atoms with E-state index in [0.717, 1.165) is 30.4 Å². The molecule has 1 aromatic rings. The summed E-state index contributed by atoms with van der Waals surface area (Å²) in [6.07, 6.45) is 2.18. The van der Waals surface area contributed by atoms with E-state index in [1.165, 1.54) is 0 Å². The molecule has 1 aromatic carbocycles. The van der Waals surface area contributed by atoms with Gasteiger partial charge in [-0.25, -0.2) is 0 Å². The lowest BCUT2D eigenvalue weighted by molar-refractivity contribution is 0.0644. The van der Waals surface area contributed by atoms with Crippen molar-refractivity contribution in [3.05, 3.63) is 33.3 Å². The minimum absolute atomic E-state index is 0.00778. The minimum Gasteiger partial charge on any atom is -0.337 e. The number of halogens is 2. The van der Waals surface area contributed by atoms with Crippen molar-refractivity contribution in [2.24, 2.45) is 0 Å². The largest absolute Gasteiger partial charge is 0.337 e. The van der Waals surface area contributed by atoms with E-state index in [4.69, 9.17) is 11.6 Å². The van der Waals surface area contributed by atoms with E-state index in [2.05, 4.69) is 27.9 Å². The monoisotopic (exact) mass is 344 g/mol. The lowest BCUT2D eigenvalue weighted by Crippen LogP contribution is -2.47. The third-order valence-electron chi connectivity index (χ3n) is 3.65. The van der Waals surface area contributed by atoms with Crippen LogP contribution in [0.15, 0.2) is 22.7 Å². The van der Waals surface area contributed by atoms with Crippen LogP contribution < -0.4 is 0 Å². The van der Waals surface area contributed by atoms with Crippen molar-refractivity contribution >= 4 is 33.4 Å². The van der Waals surface area contributed by atoms with Crippen molar-refractivity contribution in [3.8, 4) is 0 Å². The van der Waals surface area contributed by atoms with Gasteiger partial charge in [0, 0.05) is 24.1 Å². The molecule has 2 rings (SSSR count). The van der Waals surface area contributed by atoms with Crippen molar-refractivity contribution in [1.82, 2.24) is 9.80 Å². The topological polar surface area (TPSA) is 23.6 Å². The molecule has 1 aliphatic rings. The molecule has 0 bridgehead atoms. The summed E-state index contributed by atoms with van der Waals surface area (Å²) in [4.78, 5) is 16.6. The van der Waals surface area contributed by atoms with Crippen LogP contribution in [0.4, 0.5) is 0 Å². The molecule has 0 radical (unpaired) electrons. The first-order valence-electron chi connectivity index (χ1n) is 6.40. The minimum atomic E-state index is -0.00778. The van der Waals surface area contributed by atoms with Crippen molar-refractivity contribution in [2.45, 2.75) is 18.9 Å². The van der Waals surface area contributed by atoms with E-state index < -0.39 is 0 Å². The van der Waals surface area contributed by atoms with E-state index in [1.54, 1.807) is 6.07 Å². The van der Waals surface area contributed by atoms with Crippen LogP contribution in [0.5, 0.6) is 0 Å². The first-order valence-corrected chi connectivity index (χ1v) is 7.57. The van der Waals surface area contributed by atoms with Gasteiger partial charge in [-0.05, 0) is 54.5 Å². The summed E-state index contributed by atoms with van der Waals surface area (Å²) in [5.74, 6) is -0.00778. The van der Waals surface area contributed by atoms with Gasteiger partial charge in [0.15, 0.2) is 0 Å². The molecule has 1 fully saturated rings. The number of likely N-dealkylation sites (tertiary alicyclic amines) is 1. The predicted molar refractivity (Wildman–Crippen MR) is 81.8 cm³/mol. The molecule has 0 aromatic heterocycles. The number of hydrogen-bond donors (Lipinski definition) is 0. The smallest absolute Gasteiger partial charge is 0.255 e.